The fourth-order valence-electron chi connectivity index (χ4n) is 1.90. The van der Waals surface area contributed by atoms with E-state index in [-0.39, 0.29) is 5.91 Å². The molecule has 0 aromatic heterocycles. The summed E-state index contributed by atoms with van der Waals surface area (Å²) in [5.41, 5.74) is 3.81. The minimum atomic E-state index is -0.277. The number of nitrogens with one attached hydrogen (secondary N) is 1. The van der Waals surface area contributed by atoms with Crippen molar-refractivity contribution in [2.45, 2.75) is 6.92 Å². The average Bonchev–Trinajstić information content (AvgIpc) is 2.56. The van der Waals surface area contributed by atoms with Crippen LogP contribution in [0, 0.1) is 0 Å². The number of amides is 1. The summed E-state index contributed by atoms with van der Waals surface area (Å²) in [7, 11) is 1.58. The van der Waals surface area contributed by atoms with E-state index in [2.05, 4.69) is 26.5 Å². The molecule has 0 heterocycles. The normalized spacial score (nSPS) is 10.6. The van der Waals surface area contributed by atoms with Crippen LogP contribution in [-0.4, -0.2) is 25.8 Å². The van der Waals surface area contributed by atoms with E-state index in [1.54, 1.807) is 43.7 Å². The number of hydrogen-bond acceptors (Lipinski definition) is 4. The molecule has 0 aliphatic rings. The Bertz CT molecular complexity index is 717. The molecule has 23 heavy (non-hydrogen) atoms. The first-order chi connectivity index (χ1) is 11.1. The zero-order chi connectivity index (χ0) is 16.7. The van der Waals surface area contributed by atoms with Crippen molar-refractivity contribution < 1.29 is 14.3 Å². The number of halogens is 1. The topological polar surface area (TPSA) is 59.9 Å². The molecular weight excluding hydrogens is 360 g/mol. The fraction of sp³-hybridized carbons (Fsp3) is 0.176. The van der Waals surface area contributed by atoms with Gasteiger partial charge in [0.1, 0.15) is 0 Å². The Labute approximate surface area is 143 Å². The van der Waals surface area contributed by atoms with Gasteiger partial charge < -0.3 is 9.47 Å². The Kier molecular flexibility index (Phi) is 6.17. The summed E-state index contributed by atoms with van der Waals surface area (Å²) in [5.74, 6) is 1.01. The number of hydrazone groups is 1. The highest BCUT2D eigenvalue weighted by molar-refractivity contribution is 9.10. The van der Waals surface area contributed by atoms with E-state index in [0.717, 1.165) is 10.0 Å². The summed E-state index contributed by atoms with van der Waals surface area (Å²) in [5, 5.41) is 3.96. The molecule has 0 aliphatic heterocycles. The van der Waals surface area contributed by atoms with Gasteiger partial charge in [0.2, 0.25) is 0 Å². The lowest BCUT2D eigenvalue weighted by Crippen LogP contribution is -2.17. The molecule has 0 unspecified atom stereocenters. The highest BCUT2D eigenvalue weighted by Crippen LogP contribution is 2.27. The van der Waals surface area contributed by atoms with Crippen LogP contribution in [0.4, 0.5) is 0 Å². The molecule has 0 spiro atoms. The van der Waals surface area contributed by atoms with Crippen molar-refractivity contribution in [3.63, 3.8) is 0 Å². The molecule has 120 valence electrons. The number of ether oxygens (including phenoxy) is 2. The lowest BCUT2D eigenvalue weighted by Gasteiger charge is -2.09. The van der Waals surface area contributed by atoms with Gasteiger partial charge in [-0.15, -0.1) is 0 Å². The summed E-state index contributed by atoms with van der Waals surface area (Å²) >= 11 is 3.33. The third kappa shape index (κ3) is 4.82. The largest absolute Gasteiger partial charge is 0.493 e. The average molecular weight is 377 g/mol. The second kappa shape index (κ2) is 8.33. The zero-order valence-electron chi connectivity index (χ0n) is 12.9. The Morgan fingerprint density at radius 3 is 2.78 bits per heavy atom. The van der Waals surface area contributed by atoms with Gasteiger partial charge >= 0.3 is 0 Å². The Balaban J connectivity index is 2.04. The molecular formula is C17H17BrN2O3. The van der Waals surface area contributed by atoms with Crippen LogP contribution in [-0.2, 0) is 0 Å². The van der Waals surface area contributed by atoms with E-state index in [0.29, 0.717) is 23.7 Å². The van der Waals surface area contributed by atoms with Gasteiger partial charge in [0.05, 0.1) is 19.9 Å². The Morgan fingerprint density at radius 2 is 2.09 bits per heavy atom. The predicted octanol–water partition coefficient (Wildman–Crippen LogP) is 3.62. The van der Waals surface area contributed by atoms with Crippen molar-refractivity contribution in [3.05, 3.63) is 58.1 Å². The second-order valence-electron chi connectivity index (χ2n) is 4.55. The Hall–Kier alpha value is -2.34. The van der Waals surface area contributed by atoms with Crippen molar-refractivity contribution in [2.24, 2.45) is 5.10 Å². The first-order valence-corrected chi connectivity index (χ1v) is 7.83. The van der Waals surface area contributed by atoms with E-state index < -0.39 is 0 Å². The molecule has 1 N–H and O–H groups in total. The maximum atomic E-state index is 12.0. The van der Waals surface area contributed by atoms with E-state index >= 15 is 0 Å². The summed E-state index contributed by atoms with van der Waals surface area (Å²) in [4.78, 5) is 12.0. The lowest BCUT2D eigenvalue weighted by atomic mass is 10.2. The number of carbonyl (C=O) groups excluding carboxylic acids is 1. The van der Waals surface area contributed by atoms with E-state index in [9.17, 15) is 4.79 Å². The number of carbonyl (C=O) groups is 1. The summed E-state index contributed by atoms with van der Waals surface area (Å²) in [6, 6.07) is 12.5. The van der Waals surface area contributed by atoms with Crippen molar-refractivity contribution in [1.82, 2.24) is 5.43 Å². The number of hydrogen-bond donors (Lipinski definition) is 1. The van der Waals surface area contributed by atoms with Gasteiger partial charge in [-0.05, 0) is 48.9 Å². The van der Waals surface area contributed by atoms with Crippen molar-refractivity contribution in [2.75, 3.05) is 13.7 Å². The van der Waals surface area contributed by atoms with Crippen LogP contribution in [0.5, 0.6) is 11.5 Å². The predicted molar refractivity (Wildman–Crippen MR) is 93.4 cm³/mol. The Morgan fingerprint density at radius 1 is 1.26 bits per heavy atom. The number of methoxy groups -OCH3 is 1. The van der Waals surface area contributed by atoms with Gasteiger partial charge in [-0.3, -0.25) is 4.79 Å². The third-order valence-corrected chi connectivity index (χ3v) is 3.45. The highest BCUT2D eigenvalue weighted by Gasteiger charge is 2.05. The molecule has 5 nitrogen and oxygen atoms in total. The quantitative estimate of drug-likeness (QED) is 0.618. The molecule has 0 saturated carbocycles. The van der Waals surface area contributed by atoms with Crippen LogP contribution in [0.15, 0.2) is 52.0 Å². The van der Waals surface area contributed by atoms with Gasteiger partial charge in [-0.2, -0.15) is 5.10 Å². The lowest BCUT2D eigenvalue weighted by molar-refractivity contribution is 0.0955. The fourth-order valence-corrected chi connectivity index (χ4v) is 2.30. The molecule has 2 rings (SSSR count). The first-order valence-electron chi connectivity index (χ1n) is 7.04. The number of benzene rings is 2. The van der Waals surface area contributed by atoms with Gasteiger partial charge in [-0.25, -0.2) is 5.43 Å². The van der Waals surface area contributed by atoms with Crippen LogP contribution < -0.4 is 14.9 Å². The minimum Gasteiger partial charge on any atom is -0.493 e. The van der Waals surface area contributed by atoms with Crippen molar-refractivity contribution >= 4 is 28.1 Å². The molecule has 0 radical (unpaired) electrons. The second-order valence-corrected chi connectivity index (χ2v) is 5.47. The number of nitrogens with zero attached hydrogens (tertiary/aromatic N) is 1. The minimum absolute atomic E-state index is 0.277. The van der Waals surface area contributed by atoms with Crippen LogP contribution in [0.25, 0.3) is 0 Å². The maximum absolute atomic E-state index is 12.0. The molecule has 0 fully saturated rings. The van der Waals surface area contributed by atoms with Gasteiger partial charge in [0.25, 0.3) is 5.91 Å². The third-order valence-electron chi connectivity index (χ3n) is 2.95. The summed E-state index contributed by atoms with van der Waals surface area (Å²) in [6.07, 6.45) is 1.55. The van der Waals surface area contributed by atoms with Crippen LogP contribution in [0.1, 0.15) is 22.8 Å². The standard InChI is InChI=1S/C17H17BrN2O3/c1-3-23-15-8-7-12(9-16(15)22-2)11-19-20-17(21)13-5-4-6-14(18)10-13/h4-11H,3H2,1-2H3,(H,20,21)/b19-11+. The first kappa shape index (κ1) is 17.0. The number of rotatable bonds is 6. The molecule has 6 heteroatoms. The van der Waals surface area contributed by atoms with Crippen LogP contribution in [0.2, 0.25) is 0 Å². The van der Waals surface area contributed by atoms with Crippen molar-refractivity contribution in [1.29, 1.82) is 0 Å². The van der Waals surface area contributed by atoms with E-state index in [4.69, 9.17) is 9.47 Å². The van der Waals surface area contributed by atoms with E-state index in [1.165, 1.54) is 0 Å². The summed E-state index contributed by atoms with van der Waals surface area (Å²) < 4.78 is 11.6. The molecule has 1 amide bonds. The molecule has 0 aliphatic carbocycles. The molecule has 2 aromatic carbocycles. The summed E-state index contributed by atoms with van der Waals surface area (Å²) in [6.45, 7) is 2.47. The van der Waals surface area contributed by atoms with Gasteiger partial charge in [0.15, 0.2) is 11.5 Å². The van der Waals surface area contributed by atoms with Crippen LogP contribution in [0.3, 0.4) is 0 Å². The van der Waals surface area contributed by atoms with Gasteiger partial charge in [-0.1, -0.05) is 22.0 Å². The molecule has 0 saturated heterocycles. The maximum Gasteiger partial charge on any atom is 0.271 e. The SMILES string of the molecule is CCOc1ccc(/C=N/NC(=O)c2cccc(Br)c2)cc1OC. The van der Waals surface area contributed by atoms with Crippen LogP contribution >= 0.6 is 15.9 Å². The van der Waals surface area contributed by atoms with Gasteiger partial charge in [0, 0.05) is 10.0 Å². The monoisotopic (exact) mass is 376 g/mol. The highest BCUT2D eigenvalue weighted by atomic mass is 79.9. The smallest absolute Gasteiger partial charge is 0.271 e. The molecule has 0 atom stereocenters. The van der Waals surface area contributed by atoms with E-state index in [1.807, 2.05) is 19.1 Å². The molecule has 0 bridgehead atoms. The zero-order valence-corrected chi connectivity index (χ0v) is 14.5. The van der Waals surface area contributed by atoms with Crippen molar-refractivity contribution in [3.8, 4) is 11.5 Å². The molecule has 2 aromatic rings.